The van der Waals surface area contributed by atoms with Crippen LogP contribution in [-0.4, -0.2) is 54.9 Å². The third-order valence-corrected chi connectivity index (χ3v) is 5.55. The van der Waals surface area contributed by atoms with Gasteiger partial charge in [0.05, 0.1) is 5.60 Å². The Bertz CT molecular complexity index is 505. The Labute approximate surface area is 146 Å². The van der Waals surface area contributed by atoms with E-state index in [0.29, 0.717) is 6.54 Å². The summed E-state index contributed by atoms with van der Waals surface area (Å²) in [6.07, 6.45) is 5.46. The molecule has 1 aromatic rings. The average molecular weight is 332 g/mol. The molecule has 1 aliphatic carbocycles. The molecule has 4 heteroatoms. The summed E-state index contributed by atoms with van der Waals surface area (Å²) in [7, 11) is 0. The van der Waals surface area contributed by atoms with Crippen molar-refractivity contribution in [1.82, 2.24) is 10.2 Å². The zero-order valence-electron chi connectivity index (χ0n) is 15.1. The fourth-order valence-corrected chi connectivity index (χ4v) is 4.14. The van der Waals surface area contributed by atoms with Crippen LogP contribution < -0.4 is 10.2 Å². The third-order valence-electron chi connectivity index (χ3n) is 5.55. The predicted octanol–water partition coefficient (Wildman–Crippen LogP) is 2.61. The Morgan fingerprint density at radius 3 is 2.50 bits per heavy atom. The Morgan fingerprint density at radius 1 is 1.08 bits per heavy atom. The largest absolute Gasteiger partial charge is 0.389 e. The number of hydrogen-bond acceptors (Lipinski definition) is 4. The number of rotatable bonds is 7. The SMILES string of the molecule is CCCN1CCN(c2ccccc2CNCC2(O)CCCC2)CC1. The van der Waals surface area contributed by atoms with E-state index in [2.05, 4.69) is 46.3 Å². The lowest BCUT2D eigenvalue weighted by molar-refractivity contribution is 0.0475. The van der Waals surface area contributed by atoms with E-state index in [0.717, 1.165) is 58.4 Å². The Kier molecular flexibility index (Phi) is 6.14. The first-order valence-corrected chi connectivity index (χ1v) is 9.68. The highest BCUT2D eigenvalue weighted by atomic mass is 16.3. The van der Waals surface area contributed by atoms with Gasteiger partial charge < -0.3 is 15.3 Å². The van der Waals surface area contributed by atoms with Crippen molar-refractivity contribution in [2.75, 3.05) is 44.2 Å². The van der Waals surface area contributed by atoms with E-state index >= 15 is 0 Å². The van der Waals surface area contributed by atoms with Crippen molar-refractivity contribution in [3.05, 3.63) is 29.8 Å². The van der Waals surface area contributed by atoms with Crippen LogP contribution in [0.2, 0.25) is 0 Å². The van der Waals surface area contributed by atoms with Gasteiger partial charge in [-0.15, -0.1) is 0 Å². The quantitative estimate of drug-likeness (QED) is 0.806. The molecule has 0 bridgehead atoms. The van der Waals surface area contributed by atoms with E-state index in [-0.39, 0.29) is 0 Å². The van der Waals surface area contributed by atoms with E-state index in [9.17, 15) is 5.11 Å². The van der Waals surface area contributed by atoms with Crippen molar-refractivity contribution < 1.29 is 5.11 Å². The molecule has 1 aromatic carbocycles. The van der Waals surface area contributed by atoms with Gasteiger partial charge in [-0.05, 0) is 37.4 Å². The minimum absolute atomic E-state index is 0.472. The summed E-state index contributed by atoms with van der Waals surface area (Å²) in [5.74, 6) is 0. The van der Waals surface area contributed by atoms with Crippen molar-refractivity contribution >= 4 is 5.69 Å². The number of nitrogens with one attached hydrogen (secondary N) is 1. The molecule has 2 aliphatic rings. The van der Waals surface area contributed by atoms with Crippen LogP contribution >= 0.6 is 0 Å². The number of nitrogens with zero attached hydrogens (tertiary/aromatic N) is 2. The fourth-order valence-electron chi connectivity index (χ4n) is 4.14. The van der Waals surface area contributed by atoms with Crippen LogP contribution in [0.5, 0.6) is 0 Å². The number of benzene rings is 1. The van der Waals surface area contributed by atoms with Gasteiger partial charge in [0, 0.05) is 45.0 Å². The highest BCUT2D eigenvalue weighted by Crippen LogP contribution is 2.29. The minimum Gasteiger partial charge on any atom is -0.389 e. The van der Waals surface area contributed by atoms with Gasteiger partial charge in [-0.3, -0.25) is 4.90 Å². The molecule has 134 valence electrons. The maximum absolute atomic E-state index is 10.5. The van der Waals surface area contributed by atoms with Crippen LogP contribution in [0.4, 0.5) is 5.69 Å². The zero-order chi connectivity index (χ0) is 16.8. The van der Waals surface area contributed by atoms with Crippen molar-refractivity contribution in [1.29, 1.82) is 0 Å². The van der Waals surface area contributed by atoms with Crippen molar-refractivity contribution in [3.63, 3.8) is 0 Å². The van der Waals surface area contributed by atoms with E-state index in [1.807, 2.05) is 0 Å². The van der Waals surface area contributed by atoms with Gasteiger partial charge in [-0.25, -0.2) is 0 Å². The van der Waals surface area contributed by atoms with E-state index in [1.165, 1.54) is 24.2 Å². The second-order valence-electron chi connectivity index (χ2n) is 7.49. The highest BCUT2D eigenvalue weighted by molar-refractivity contribution is 5.54. The molecule has 0 amide bonds. The molecule has 0 atom stereocenters. The first-order chi connectivity index (χ1) is 11.7. The second kappa shape index (κ2) is 8.32. The molecular weight excluding hydrogens is 298 g/mol. The third kappa shape index (κ3) is 4.50. The molecule has 2 fully saturated rings. The smallest absolute Gasteiger partial charge is 0.0771 e. The molecule has 1 saturated heterocycles. The normalized spacial score (nSPS) is 21.3. The van der Waals surface area contributed by atoms with Gasteiger partial charge in [0.1, 0.15) is 0 Å². The number of para-hydroxylation sites is 1. The topological polar surface area (TPSA) is 38.7 Å². The number of piperazine rings is 1. The summed E-state index contributed by atoms with van der Waals surface area (Å²) in [6.45, 7) is 9.58. The lowest BCUT2D eigenvalue weighted by Gasteiger charge is -2.37. The number of aliphatic hydroxyl groups is 1. The van der Waals surface area contributed by atoms with Crippen molar-refractivity contribution in [3.8, 4) is 0 Å². The van der Waals surface area contributed by atoms with Gasteiger partial charge in [-0.2, -0.15) is 0 Å². The lowest BCUT2D eigenvalue weighted by atomic mass is 10.0. The molecule has 1 saturated carbocycles. The van der Waals surface area contributed by atoms with Crippen LogP contribution in [0.1, 0.15) is 44.6 Å². The molecular formula is C20H33N3O. The van der Waals surface area contributed by atoms with Gasteiger partial charge in [-0.1, -0.05) is 38.0 Å². The summed E-state index contributed by atoms with van der Waals surface area (Å²) in [5.41, 5.74) is 2.24. The van der Waals surface area contributed by atoms with E-state index < -0.39 is 5.60 Å². The molecule has 0 unspecified atom stereocenters. The van der Waals surface area contributed by atoms with Gasteiger partial charge in [0.2, 0.25) is 0 Å². The number of hydrogen-bond donors (Lipinski definition) is 2. The summed E-state index contributed by atoms with van der Waals surface area (Å²) in [6, 6.07) is 8.73. The predicted molar refractivity (Wildman–Crippen MR) is 101 cm³/mol. The molecule has 4 nitrogen and oxygen atoms in total. The molecule has 2 N–H and O–H groups in total. The maximum atomic E-state index is 10.5. The summed E-state index contributed by atoms with van der Waals surface area (Å²) >= 11 is 0. The van der Waals surface area contributed by atoms with Gasteiger partial charge >= 0.3 is 0 Å². The lowest BCUT2D eigenvalue weighted by Crippen LogP contribution is -2.47. The molecule has 3 rings (SSSR count). The molecule has 0 aromatic heterocycles. The monoisotopic (exact) mass is 331 g/mol. The van der Waals surface area contributed by atoms with Crippen LogP contribution in [0.3, 0.4) is 0 Å². The molecule has 0 spiro atoms. The molecule has 24 heavy (non-hydrogen) atoms. The molecule has 1 aliphatic heterocycles. The van der Waals surface area contributed by atoms with Crippen LogP contribution in [0, 0.1) is 0 Å². The Hall–Kier alpha value is -1.10. The maximum Gasteiger partial charge on any atom is 0.0771 e. The Balaban J connectivity index is 1.55. The summed E-state index contributed by atoms with van der Waals surface area (Å²) < 4.78 is 0. The summed E-state index contributed by atoms with van der Waals surface area (Å²) in [4.78, 5) is 5.08. The van der Waals surface area contributed by atoms with Gasteiger partial charge in [0.15, 0.2) is 0 Å². The second-order valence-corrected chi connectivity index (χ2v) is 7.49. The molecule has 0 radical (unpaired) electrons. The van der Waals surface area contributed by atoms with Crippen LogP contribution in [0.15, 0.2) is 24.3 Å². The van der Waals surface area contributed by atoms with Gasteiger partial charge in [0.25, 0.3) is 0 Å². The standard InChI is InChI=1S/C20H33N3O/c1-2-11-22-12-14-23(15-13-22)19-8-4-3-7-18(19)16-21-17-20(24)9-5-6-10-20/h3-4,7-8,21,24H,2,5-6,9-17H2,1H3. The van der Waals surface area contributed by atoms with E-state index in [4.69, 9.17) is 0 Å². The number of anilines is 1. The van der Waals surface area contributed by atoms with Crippen LogP contribution in [-0.2, 0) is 6.54 Å². The fraction of sp³-hybridized carbons (Fsp3) is 0.700. The van der Waals surface area contributed by atoms with Crippen molar-refractivity contribution in [2.45, 2.75) is 51.2 Å². The first-order valence-electron chi connectivity index (χ1n) is 9.68. The Morgan fingerprint density at radius 2 is 1.79 bits per heavy atom. The van der Waals surface area contributed by atoms with Crippen molar-refractivity contribution in [2.24, 2.45) is 0 Å². The minimum atomic E-state index is -0.472. The summed E-state index contributed by atoms with van der Waals surface area (Å²) in [5, 5.41) is 14.0. The highest BCUT2D eigenvalue weighted by Gasteiger charge is 2.30. The first kappa shape index (κ1) is 17.7. The average Bonchev–Trinajstić information content (AvgIpc) is 3.03. The molecule has 1 heterocycles. The van der Waals surface area contributed by atoms with Crippen LogP contribution in [0.25, 0.3) is 0 Å². The zero-order valence-corrected chi connectivity index (χ0v) is 15.1. The van der Waals surface area contributed by atoms with E-state index in [1.54, 1.807) is 0 Å².